The van der Waals surface area contributed by atoms with Crippen molar-refractivity contribution < 1.29 is 8.78 Å². The van der Waals surface area contributed by atoms with E-state index in [2.05, 4.69) is 12.2 Å². The van der Waals surface area contributed by atoms with Crippen LogP contribution in [0.25, 0.3) is 0 Å². The highest BCUT2D eigenvalue weighted by Gasteiger charge is 2.02. The van der Waals surface area contributed by atoms with Crippen LogP contribution >= 0.6 is 0 Å². The molecule has 1 rings (SSSR count). The molecular formula is C14H21F2N. The van der Waals surface area contributed by atoms with Crippen LogP contribution in [0.4, 0.5) is 14.5 Å². The van der Waals surface area contributed by atoms with E-state index in [9.17, 15) is 8.78 Å². The Bertz CT molecular complexity index is 326. The Hall–Kier alpha value is -1.12. The van der Waals surface area contributed by atoms with Gasteiger partial charge in [0.15, 0.2) is 0 Å². The first-order valence-electron chi connectivity index (χ1n) is 6.43. The van der Waals surface area contributed by atoms with Crippen molar-refractivity contribution >= 4 is 5.69 Å². The highest BCUT2D eigenvalue weighted by molar-refractivity contribution is 5.44. The van der Waals surface area contributed by atoms with E-state index in [1.165, 1.54) is 31.7 Å². The van der Waals surface area contributed by atoms with Crippen LogP contribution in [0.1, 0.15) is 45.4 Å². The Balaban J connectivity index is 2.15. The fourth-order valence-corrected chi connectivity index (χ4v) is 1.76. The first-order chi connectivity index (χ1) is 8.24. The molecule has 96 valence electrons. The first-order valence-corrected chi connectivity index (χ1v) is 6.43. The molecule has 0 aromatic heterocycles. The zero-order valence-electron chi connectivity index (χ0n) is 10.4. The largest absolute Gasteiger partial charge is 0.383 e. The molecule has 0 amide bonds. The summed E-state index contributed by atoms with van der Waals surface area (Å²) in [6.07, 6.45) is 7.16. The van der Waals surface area contributed by atoms with E-state index in [4.69, 9.17) is 0 Å². The van der Waals surface area contributed by atoms with Gasteiger partial charge in [0.2, 0.25) is 0 Å². The Morgan fingerprint density at radius 2 is 1.71 bits per heavy atom. The van der Waals surface area contributed by atoms with E-state index in [0.717, 1.165) is 25.0 Å². The summed E-state index contributed by atoms with van der Waals surface area (Å²) in [6, 6.07) is 3.48. The smallest absolute Gasteiger partial charge is 0.146 e. The summed E-state index contributed by atoms with van der Waals surface area (Å²) in [4.78, 5) is 0. The third kappa shape index (κ3) is 5.66. The molecule has 0 unspecified atom stereocenters. The maximum Gasteiger partial charge on any atom is 0.146 e. The van der Waals surface area contributed by atoms with E-state index in [-0.39, 0.29) is 5.69 Å². The summed E-state index contributed by atoms with van der Waals surface area (Å²) in [5.41, 5.74) is 0.263. The average molecular weight is 241 g/mol. The van der Waals surface area contributed by atoms with Gasteiger partial charge in [-0.1, -0.05) is 39.0 Å². The molecule has 0 bridgehead atoms. The molecule has 17 heavy (non-hydrogen) atoms. The summed E-state index contributed by atoms with van der Waals surface area (Å²) in [5, 5.41) is 2.93. The predicted molar refractivity (Wildman–Crippen MR) is 68.2 cm³/mol. The first kappa shape index (κ1) is 13.9. The van der Waals surface area contributed by atoms with Crippen molar-refractivity contribution in [1.29, 1.82) is 0 Å². The molecule has 1 aromatic carbocycles. The topological polar surface area (TPSA) is 12.0 Å². The lowest BCUT2D eigenvalue weighted by Gasteiger charge is -2.07. The Labute approximate surface area is 102 Å². The van der Waals surface area contributed by atoms with Gasteiger partial charge in [0.25, 0.3) is 0 Å². The van der Waals surface area contributed by atoms with Gasteiger partial charge in [-0.05, 0) is 24.6 Å². The number of unbranched alkanes of at least 4 members (excludes halogenated alkanes) is 5. The molecule has 0 fully saturated rings. The average Bonchev–Trinajstić information content (AvgIpc) is 2.32. The van der Waals surface area contributed by atoms with Crippen LogP contribution in [0.5, 0.6) is 0 Å². The molecule has 0 radical (unpaired) electrons. The number of rotatable bonds is 8. The van der Waals surface area contributed by atoms with Crippen LogP contribution in [0.3, 0.4) is 0 Å². The maximum absolute atomic E-state index is 13.2. The van der Waals surface area contributed by atoms with Crippen molar-refractivity contribution in [2.75, 3.05) is 11.9 Å². The fraction of sp³-hybridized carbons (Fsp3) is 0.571. The Morgan fingerprint density at radius 1 is 1.00 bits per heavy atom. The van der Waals surface area contributed by atoms with E-state index in [0.29, 0.717) is 6.54 Å². The van der Waals surface area contributed by atoms with Gasteiger partial charge in [-0.15, -0.1) is 0 Å². The Morgan fingerprint density at radius 3 is 2.47 bits per heavy atom. The van der Waals surface area contributed by atoms with Gasteiger partial charge in [-0.2, -0.15) is 0 Å². The highest BCUT2D eigenvalue weighted by atomic mass is 19.1. The second-order valence-electron chi connectivity index (χ2n) is 4.32. The molecule has 0 saturated heterocycles. The summed E-state index contributed by atoms with van der Waals surface area (Å²) >= 11 is 0. The zero-order chi connectivity index (χ0) is 12.5. The number of hydrogen-bond donors (Lipinski definition) is 1. The van der Waals surface area contributed by atoms with Crippen LogP contribution in [0.15, 0.2) is 18.2 Å². The van der Waals surface area contributed by atoms with Gasteiger partial charge < -0.3 is 5.32 Å². The number of anilines is 1. The van der Waals surface area contributed by atoms with Crippen molar-refractivity contribution in [1.82, 2.24) is 0 Å². The normalized spacial score (nSPS) is 10.5. The van der Waals surface area contributed by atoms with Gasteiger partial charge in [0, 0.05) is 6.54 Å². The van der Waals surface area contributed by atoms with Crippen molar-refractivity contribution in [2.24, 2.45) is 0 Å². The number of nitrogens with one attached hydrogen (secondary N) is 1. The number of benzene rings is 1. The lowest BCUT2D eigenvalue weighted by atomic mass is 10.1. The molecule has 0 aliphatic rings. The molecule has 3 heteroatoms. The van der Waals surface area contributed by atoms with Crippen molar-refractivity contribution in [3.05, 3.63) is 29.8 Å². The Kier molecular flexibility index (Phi) is 6.60. The molecule has 0 aliphatic carbocycles. The van der Waals surface area contributed by atoms with Crippen molar-refractivity contribution in [3.63, 3.8) is 0 Å². The fourth-order valence-electron chi connectivity index (χ4n) is 1.76. The molecule has 0 heterocycles. The van der Waals surface area contributed by atoms with E-state index < -0.39 is 11.6 Å². The van der Waals surface area contributed by atoms with Gasteiger partial charge in [-0.3, -0.25) is 0 Å². The second-order valence-corrected chi connectivity index (χ2v) is 4.32. The molecule has 0 atom stereocenters. The van der Waals surface area contributed by atoms with Gasteiger partial charge in [0.05, 0.1) is 5.69 Å². The van der Waals surface area contributed by atoms with E-state index in [1.54, 1.807) is 0 Å². The summed E-state index contributed by atoms with van der Waals surface area (Å²) in [7, 11) is 0. The summed E-state index contributed by atoms with van der Waals surface area (Å²) < 4.78 is 26.1. The van der Waals surface area contributed by atoms with Gasteiger partial charge in [0.1, 0.15) is 11.6 Å². The predicted octanol–water partition coefficient (Wildman–Crippen LogP) is 4.74. The van der Waals surface area contributed by atoms with Crippen LogP contribution in [-0.2, 0) is 0 Å². The lowest BCUT2D eigenvalue weighted by Crippen LogP contribution is -2.03. The van der Waals surface area contributed by atoms with Crippen LogP contribution < -0.4 is 5.32 Å². The minimum Gasteiger partial charge on any atom is -0.383 e. The van der Waals surface area contributed by atoms with E-state index in [1.807, 2.05) is 0 Å². The lowest BCUT2D eigenvalue weighted by molar-refractivity contribution is 0.598. The standard InChI is InChI=1S/C14H21F2N/c1-2-3-4-5-6-7-10-17-14-11-12(15)8-9-13(14)16/h8-9,11,17H,2-7,10H2,1H3. The minimum atomic E-state index is -0.406. The molecule has 1 aromatic rings. The number of halogens is 2. The summed E-state index contributed by atoms with van der Waals surface area (Å²) in [6.45, 7) is 2.89. The molecule has 0 aliphatic heterocycles. The monoisotopic (exact) mass is 241 g/mol. The summed E-state index contributed by atoms with van der Waals surface area (Å²) in [5.74, 6) is -0.797. The van der Waals surface area contributed by atoms with Crippen LogP contribution in [0, 0.1) is 11.6 Å². The van der Waals surface area contributed by atoms with E-state index >= 15 is 0 Å². The number of hydrogen-bond acceptors (Lipinski definition) is 1. The molecule has 1 N–H and O–H groups in total. The maximum atomic E-state index is 13.2. The molecular weight excluding hydrogens is 220 g/mol. The van der Waals surface area contributed by atoms with Gasteiger partial charge >= 0.3 is 0 Å². The van der Waals surface area contributed by atoms with Crippen LogP contribution in [-0.4, -0.2) is 6.54 Å². The third-order valence-corrected chi connectivity index (χ3v) is 2.77. The van der Waals surface area contributed by atoms with Gasteiger partial charge in [-0.25, -0.2) is 8.78 Å². The highest BCUT2D eigenvalue weighted by Crippen LogP contribution is 2.15. The third-order valence-electron chi connectivity index (χ3n) is 2.77. The molecule has 0 saturated carbocycles. The SMILES string of the molecule is CCCCCCCCNc1cc(F)ccc1F. The van der Waals surface area contributed by atoms with Crippen molar-refractivity contribution in [2.45, 2.75) is 45.4 Å². The quantitative estimate of drug-likeness (QED) is 0.648. The van der Waals surface area contributed by atoms with Crippen molar-refractivity contribution in [3.8, 4) is 0 Å². The minimum absolute atomic E-state index is 0.263. The molecule has 1 nitrogen and oxygen atoms in total. The zero-order valence-corrected chi connectivity index (χ0v) is 10.4. The molecule has 0 spiro atoms. The second kappa shape index (κ2) is 8.04. The van der Waals surface area contributed by atoms with Crippen LogP contribution in [0.2, 0.25) is 0 Å².